The van der Waals surface area contributed by atoms with Crippen LogP contribution in [0.25, 0.3) is 0 Å². The summed E-state index contributed by atoms with van der Waals surface area (Å²) in [5.74, 6) is -0.761. The predicted molar refractivity (Wildman–Crippen MR) is 58.2 cm³/mol. The zero-order chi connectivity index (χ0) is 11.5. The van der Waals surface area contributed by atoms with E-state index in [1.807, 2.05) is 5.38 Å². The van der Waals surface area contributed by atoms with Gasteiger partial charge in [-0.15, -0.1) is 11.3 Å². The van der Waals surface area contributed by atoms with Crippen LogP contribution in [0.3, 0.4) is 0 Å². The maximum Gasteiger partial charge on any atom is 0.240 e. The van der Waals surface area contributed by atoms with Crippen molar-refractivity contribution in [1.29, 1.82) is 0 Å². The average Bonchev–Trinajstić information content (AvgIpc) is 2.68. The Balaban J connectivity index is 1.97. The summed E-state index contributed by atoms with van der Waals surface area (Å²) in [6.07, 6.45) is 0. The number of ketones is 1. The summed E-state index contributed by atoms with van der Waals surface area (Å²) in [5.41, 5.74) is 0. The number of nitrogens with one attached hydrogen (secondary N) is 1. The maximum atomic E-state index is 11.7. The zero-order valence-corrected chi connectivity index (χ0v) is 9.25. The first-order chi connectivity index (χ1) is 7.65. The van der Waals surface area contributed by atoms with E-state index in [2.05, 4.69) is 5.32 Å². The van der Waals surface area contributed by atoms with E-state index < -0.39 is 0 Å². The van der Waals surface area contributed by atoms with Crippen LogP contribution in [-0.4, -0.2) is 42.1 Å². The predicted octanol–water partition coefficient (Wildman–Crippen LogP) is -0.111. The highest BCUT2D eigenvalue weighted by atomic mass is 32.1. The van der Waals surface area contributed by atoms with Crippen molar-refractivity contribution in [3.05, 3.63) is 22.4 Å². The summed E-state index contributed by atoms with van der Waals surface area (Å²) in [4.78, 5) is 36.0. The van der Waals surface area contributed by atoms with Crippen molar-refractivity contribution < 1.29 is 14.4 Å². The topological polar surface area (TPSA) is 66.5 Å². The third-order valence-electron chi connectivity index (χ3n) is 2.18. The molecular weight excluding hydrogens is 228 g/mol. The molecule has 1 aliphatic rings. The van der Waals surface area contributed by atoms with Gasteiger partial charge < -0.3 is 0 Å². The van der Waals surface area contributed by atoms with Gasteiger partial charge in [0.25, 0.3) is 0 Å². The normalized spacial score (nSPS) is 17.2. The molecular formula is C10H10N2O3S. The smallest absolute Gasteiger partial charge is 0.240 e. The van der Waals surface area contributed by atoms with Crippen LogP contribution in [0.15, 0.2) is 17.5 Å². The number of hydrogen-bond acceptors (Lipinski definition) is 5. The van der Waals surface area contributed by atoms with E-state index in [4.69, 9.17) is 0 Å². The number of rotatable bonds is 3. The van der Waals surface area contributed by atoms with Crippen LogP contribution < -0.4 is 5.32 Å². The first-order valence-electron chi connectivity index (χ1n) is 4.77. The van der Waals surface area contributed by atoms with E-state index in [-0.39, 0.29) is 37.2 Å². The van der Waals surface area contributed by atoms with Gasteiger partial charge in [0, 0.05) is 0 Å². The van der Waals surface area contributed by atoms with E-state index in [0.717, 1.165) is 0 Å². The minimum absolute atomic E-state index is 0.0579. The largest absolute Gasteiger partial charge is 0.294 e. The second kappa shape index (κ2) is 4.54. The number of carbonyl (C=O) groups is 3. The highest BCUT2D eigenvalue weighted by molar-refractivity contribution is 7.12. The number of carbonyl (C=O) groups excluding carboxylic acids is 3. The monoisotopic (exact) mass is 238 g/mol. The van der Waals surface area contributed by atoms with Crippen LogP contribution in [0.4, 0.5) is 0 Å². The number of Topliss-reactive ketones (excluding diaryl/α,β-unsaturated/α-hetero) is 1. The van der Waals surface area contributed by atoms with Gasteiger partial charge >= 0.3 is 0 Å². The van der Waals surface area contributed by atoms with Crippen molar-refractivity contribution in [2.45, 2.75) is 0 Å². The van der Waals surface area contributed by atoms with Crippen molar-refractivity contribution in [3.8, 4) is 0 Å². The Hall–Kier alpha value is -1.53. The molecule has 0 aromatic carbocycles. The Labute approximate surface area is 96.0 Å². The first kappa shape index (κ1) is 11.0. The number of thiophene rings is 1. The molecule has 1 saturated heterocycles. The minimum atomic E-state index is -0.352. The van der Waals surface area contributed by atoms with Gasteiger partial charge in [0.2, 0.25) is 11.8 Å². The molecule has 2 rings (SSSR count). The molecule has 1 N–H and O–H groups in total. The Kier molecular flexibility index (Phi) is 3.12. The van der Waals surface area contributed by atoms with Gasteiger partial charge in [-0.2, -0.15) is 0 Å². The third-order valence-corrected chi connectivity index (χ3v) is 3.09. The molecule has 0 bridgehead atoms. The molecule has 0 spiro atoms. The van der Waals surface area contributed by atoms with Gasteiger partial charge in [-0.3, -0.25) is 24.6 Å². The van der Waals surface area contributed by atoms with Crippen LogP contribution in [0.2, 0.25) is 0 Å². The molecule has 1 aromatic heterocycles. The molecule has 16 heavy (non-hydrogen) atoms. The summed E-state index contributed by atoms with van der Waals surface area (Å²) in [6.45, 7) is 0.311. The summed E-state index contributed by atoms with van der Waals surface area (Å²) in [7, 11) is 0. The van der Waals surface area contributed by atoms with E-state index in [1.165, 1.54) is 11.3 Å². The molecule has 0 atom stereocenters. The molecule has 84 valence electrons. The van der Waals surface area contributed by atoms with E-state index >= 15 is 0 Å². The highest BCUT2D eigenvalue weighted by Gasteiger charge is 2.24. The molecule has 0 unspecified atom stereocenters. The summed E-state index contributed by atoms with van der Waals surface area (Å²) >= 11 is 1.36. The number of nitrogens with zero attached hydrogens (tertiary/aromatic N) is 1. The molecule has 5 nitrogen and oxygen atoms in total. The summed E-state index contributed by atoms with van der Waals surface area (Å²) in [5, 5.41) is 4.01. The molecule has 2 heterocycles. The fourth-order valence-corrected chi connectivity index (χ4v) is 2.18. The minimum Gasteiger partial charge on any atom is -0.294 e. The molecule has 0 radical (unpaired) electrons. The lowest BCUT2D eigenvalue weighted by molar-refractivity contribution is -0.135. The van der Waals surface area contributed by atoms with Crippen LogP contribution in [-0.2, 0) is 9.59 Å². The fourth-order valence-electron chi connectivity index (χ4n) is 1.53. The van der Waals surface area contributed by atoms with E-state index in [0.29, 0.717) is 4.88 Å². The van der Waals surface area contributed by atoms with Gasteiger partial charge in [0.05, 0.1) is 24.5 Å². The van der Waals surface area contributed by atoms with Gasteiger partial charge in [0.15, 0.2) is 5.78 Å². The molecule has 1 aromatic rings. The number of piperazine rings is 1. The molecule has 1 fully saturated rings. The Morgan fingerprint density at radius 1 is 1.38 bits per heavy atom. The Bertz CT molecular complexity index is 411. The first-order valence-corrected chi connectivity index (χ1v) is 5.65. The fraction of sp³-hybridized carbons (Fsp3) is 0.300. The quantitative estimate of drug-likeness (QED) is 0.589. The van der Waals surface area contributed by atoms with Gasteiger partial charge in [0.1, 0.15) is 0 Å². The average molecular weight is 238 g/mol. The Morgan fingerprint density at radius 2 is 2.06 bits per heavy atom. The third kappa shape index (κ3) is 2.53. The van der Waals surface area contributed by atoms with Crippen molar-refractivity contribution in [2.24, 2.45) is 0 Å². The van der Waals surface area contributed by atoms with Crippen molar-refractivity contribution in [2.75, 3.05) is 19.6 Å². The van der Waals surface area contributed by atoms with Crippen molar-refractivity contribution >= 4 is 28.9 Å². The Morgan fingerprint density at radius 3 is 2.62 bits per heavy atom. The number of amides is 2. The van der Waals surface area contributed by atoms with Crippen LogP contribution >= 0.6 is 11.3 Å². The lowest BCUT2D eigenvalue weighted by atomic mass is 10.2. The second-order valence-electron chi connectivity index (χ2n) is 3.52. The van der Waals surface area contributed by atoms with Crippen molar-refractivity contribution in [1.82, 2.24) is 10.2 Å². The molecule has 6 heteroatoms. The lowest BCUT2D eigenvalue weighted by Crippen LogP contribution is -2.52. The summed E-state index contributed by atoms with van der Waals surface area (Å²) in [6, 6.07) is 3.53. The van der Waals surface area contributed by atoms with E-state index in [1.54, 1.807) is 17.0 Å². The number of hydrogen-bond donors (Lipinski definition) is 1. The standard InChI is InChI=1S/C10H10N2O3S/c13-7(8-2-1-3-16-8)4-12-5-9(14)11-10(15)6-12/h1-3H,4-6H2,(H,11,14,15). The molecule has 2 amide bonds. The number of imide groups is 1. The van der Waals surface area contributed by atoms with Gasteiger partial charge in [-0.05, 0) is 11.4 Å². The van der Waals surface area contributed by atoms with E-state index in [9.17, 15) is 14.4 Å². The van der Waals surface area contributed by atoms with Gasteiger partial charge in [-0.1, -0.05) is 6.07 Å². The van der Waals surface area contributed by atoms with Crippen molar-refractivity contribution in [3.63, 3.8) is 0 Å². The SMILES string of the molecule is O=C1CN(CC(=O)c2cccs2)CC(=O)N1. The zero-order valence-electron chi connectivity index (χ0n) is 8.43. The lowest BCUT2D eigenvalue weighted by Gasteiger charge is -2.24. The van der Waals surface area contributed by atoms with Crippen LogP contribution in [0.1, 0.15) is 9.67 Å². The molecule has 0 saturated carbocycles. The maximum absolute atomic E-state index is 11.7. The molecule has 0 aliphatic carbocycles. The van der Waals surface area contributed by atoms with Crippen LogP contribution in [0.5, 0.6) is 0 Å². The molecule has 1 aliphatic heterocycles. The van der Waals surface area contributed by atoms with Crippen LogP contribution in [0, 0.1) is 0 Å². The highest BCUT2D eigenvalue weighted by Crippen LogP contribution is 2.10. The summed E-state index contributed by atoms with van der Waals surface area (Å²) < 4.78 is 0. The van der Waals surface area contributed by atoms with Gasteiger partial charge in [-0.25, -0.2) is 0 Å². The second-order valence-corrected chi connectivity index (χ2v) is 4.46.